The summed E-state index contributed by atoms with van der Waals surface area (Å²) in [5, 5.41) is 2.63. The van der Waals surface area contributed by atoms with Crippen LogP contribution in [0.5, 0.6) is 0 Å². The predicted molar refractivity (Wildman–Crippen MR) is 104 cm³/mol. The molecule has 0 spiro atoms. The van der Waals surface area contributed by atoms with E-state index in [1.165, 1.54) is 4.90 Å². The molecule has 0 saturated heterocycles. The average molecular weight is 387 g/mol. The van der Waals surface area contributed by atoms with E-state index in [9.17, 15) is 14.4 Å². The smallest absolute Gasteiger partial charge is 0.410 e. The number of carbonyl (C=O) groups excluding carboxylic acids is 2. The van der Waals surface area contributed by atoms with Crippen LogP contribution in [-0.2, 0) is 11.2 Å². The lowest BCUT2D eigenvalue weighted by Gasteiger charge is -2.31. The number of para-hydroxylation sites is 1. The third-order valence-electron chi connectivity index (χ3n) is 4.49. The molecular formula is C20H25N3O5. The van der Waals surface area contributed by atoms with E-state index in [2.05, 4.69) is 5.32 Å². The Morgan fingerprint density at radius 3 is 2.57 bits per heavy atom. The highest BCUT2D eigenvalue weighted by Crippen LogP contribution is 2.32. The number of ether oxygens (including phenoxy) is 1. The summed E-state index contributed by atoms with van der Waals surface area (Å²) < 4.78 is 11.7. The molecule has 8 heteroatoms. The predicted octanol–water partition coefficient (Wildman–Crippen LogP) is 3.77. The van der Waals surface area contributed by atoms with Gasteiger partial charge in [-0.3, -0.25) is 4.79 Å². The summed E-state index contributed by atoms with van der Waals surface area (Å²) in [6.07, 6.45) is 1.34. The molecule has 3 rings (SSSR count). The molecule has 0 fully saturated rings. The zero-order chi connectivity index (χ0) is 20.5. The Kier molecular flexibility index (Phi) is 5.31. The van der Waals surface area contributed by atoms with Crippen LogP contribution in [0.1, 0.15) is 51.0 Å². The minimum absolute atomic E-state index is 0.336. The first-order chi connectivity index (χ1) is 13.2. The van der Waals surface area contributed by atoms with Crippen molar-refractivity contribution in [2.75, 3.05) is 12.4 Å². The van der Waals surface area contributed by atoms with Gasteiger partial charge >= 0.3 is 12.1 Å². The van der Waals surface area contributed by atoms with Gasteiger partial charge in [0.15, 0.2) is 0 Å². The zero-order valence-corrected chi connectivity index (χ0v) is 16.5. The lowest BCUT2D eigenvalue weighted by atomic mass is 9.93. The summed E-state index contributed by atoms with van der Waals surface area (Å²) in [6, 6.07) is 7.62. The van der Waals surface area contributed by atoms with E-state index in [-0.39, 0.29) is 0 Å². The highest BCUT2D eigenvalue weighted by Gasteiger charge is 2.36. The lowest BCUT2D eigenvalue weighted by Crippen LogP contribution is -2.40. The van der Waals surface area contributed by atoms with E-state index in [1.54, 1.807) is 52.1 Å². The first kappa shape index (κ1) is 19.7. The molecule has 0 bridgehead atoms. The second kappa shape index (κ2) is 7.53. The molecule has 1 aromatic carbocycles. The number of hydrogen-bond donors (Lipinski definition) is 1. The minimum Gasteiger partial charge on any atom is -0.444 e. The maximum absolute atomic E-state index is 12.9. The number of carbonyl (C=O) groups is 2. The van der Waals surface area contributed by atoms with Crippen LogP contribution in [0.25, 0.3) is 0 Å². The van der Waals surface area contributed by atoms with Crippen LogP contribution in [-0.4, -0.2) is 34.4 Å². The van der Waals surface area contributed by atoms with Crippen molar-refractivity contribution in [1.29, 1.82) is 0 Å². The van der Waals surface area contributed by atoms with Crippen molar-refractivity contribution in [2.24, 2.45) is 0 Å². The fourth-order valence-electron chi connectivity index (χ4n) is 3.22. The standard InChI is InChI=1S/C20H25N3O5/c1-20(2,3)27-19(26)22(4)14-11-8-12-15-16(14)17(24)23(28-15)18(25)21-13-9-6-5-7-10-13/h5-7,9-10,14H,8,11-12H2,1-4H3,(H,21,25)/t14-/m1/s1. The summed E-state index contributed by atoms with van der Waals surface area (Å²) in [5.74, 6) is 0.430. The average Bonchev–Trinajstić information content (AvgIpc) is 2.97. The van der Waals surface area contributed by atoms with Crippen molar-refractivity contribution in [3.63, 3.8) is 0 Å². The quantitative estimate of drug-likeness (QED) is 0.847. The van der Waals surface area contributed by atoms with Gasteiger partial charge in [-0.1, -0.05) is 22.9 Å². The number of benzene rings is 1. The third-order valence-corrected chi connectivity index (χ3v) is 4.49. The van der Waals surface area contributed by atoms with Crippen molar-refractivity contribution >= 4 is 17.8 Å². The van der Waals surface area contributed by atoms with Crippen molar-refractivity contribution in [3.05, 3.63) is 52.0 Å². The number of aryl methyl sites for hydroxylation is 1. The van der Waals surface area contributed by atoms with Gasteiger partial charge in [-0.15, -0.1) is 0 Å². The van der Waals surface area contributed by atoms with E-state index in [0.29, 0.717) is 29.9 Å². The molecule has 0 unspecified atom stereocenters. The van der Waals surface area contributed by atoms with Gasteiger partial charge in [0.05, 0.1) is 11.6 Å². The van der Waals surface area contributed by atoms with E-state index >= 15 is 0 Å². The Morgan fingerprint density at radius 2 is 1.93 bits per heavy atom. The third kappa shape index (κ3) is 4.11. The molecule has 0 radical (unpaired) electrons. The normalized spacial score (nSPS) is 16.2. The lowest BCUT2D eigenvalue weighted by molar-refractivity contribution is 0.0202. The fraction of sp³-hybridized carbons (Fsp3) is 0.450. The molecule has 1 N–H and O–H groups in total. The van der Waals surface area contributed by atoms with Gasteiger partial charge in [-0.2, -0.15) is 0 Å². The van der Waals surface area contributed by atoms with Crippen molar-refractivity contribution < 1.29 is 18.8 Å². The molecule has 1 atom stereocenters. The van der Waals surface area contributed by atoms with Crippen LogP contribution < -0.4 is 10.9 Å². The van der Waals surface area contributed by atoms with Crippen molar-refractivity contribution in [2.45, 2.75) is 51.7 Å². The van der Waals surface area contributed by atoms with Gasteiger partial charge in [0.2, 0.25) is 0 Å². The Hall–Kier alpha value is -3.03. The molecular weight excluding hydrogens is 362 g/mol. The van der Waals surface area contributed by atoms with E-state index in [1.807, 2.05) is 6.07 Å². The van der Waals surface area contributed by atoms with E-state index in [0.717, 1.165) is 11.2 Å². The topological polar surface area (TPSA) is 93.8 Å². The summed E-state index contributed by atoms with van der Waals surface area (Å²) in [4.78, 5) is 39.2. The highest BCUT2D eigenvalue weighted by atomic mass is 16.6. The van der Waals surface area contributed by atoms with Gasteiger partial charge in [-0.25, -0.2) is 9.59 Å². The second-order valence-corrected chi connectivity index (χ2v) is 7.82. The number of nitrogens with zero attached hydrogens (tertiary/aromatic N) is 2. The van der Waals surface area contributed by atoms with E-state index < -0.39 is 29.3 Å². The maximum Gasteiger partial charge on any atom is 0.410 e. The van der Waals surface area contributed by atoms with Gasteiger partial charge < -0.3 is 19.5 Å². The number of hydrogen-bond acceptors (Lipinski definition) is 5. The molecule has 2 aromatic rings. The molecule has 0 aliphatic heterocycles. The minimum atomic E-state index is -0.677. The first-order valence-corrected chi connectivity index (χ1v) is 9.24. The van der Waals surface area contributed by atoms with Crippen LogP contribution in [0.15, 0.2) is 39.6 Å². The van der Waals surface area contributed by atoms with Crippen molar-refractivity contribution in [1.82, 2.24) is 9.64 Å². The Morgan fingerprint density at radius 1 is 1.25 bits per heavy atom. The summed E-state index contributed by atoms with van der Waals surface area (Å²) >= 11 is 0. The van der Waals surface area contributed by atoms with Gasteiger partial charge in [-0.05, 0) is 45.7 Å². The highest BCUT2D eigenvalue weighted by molar-refractivity contribution is 5.90. The second-order valence-electron chi connectivity index (χ2n) is 7.82. The number of fused-ring (bicyclic) bond motifs is 1. The van der Waals surface area contributed by atoms with Gasteiger partial charge in [0, 0.05) is 19.2 Å². The zero-order valence-electron chi connectivity index (χ0n) is 16.5. The Balaban J connectivity index is 1.87. The molecule has 1 heterocycles. The molecule has 28 heavy (non-hydrogen) atoms. The SMILES string of the molecule is CN(C(=O)OC(C)(C)C)[C@@H]1CCCc2on(C(=O)Nc3ccccc3)c(=O)c21. The summed E-state index contributed by atoms with van der Waals surface area (Å²) in [5.41, 5.74) is -0.308. The molecule has 1 aromatic heterocycles. The number of rotatable bonds is 2. The number of nitrogens with one attached hydrogen (secondary N) is 1. The van der Waals surface area contributed by atoms with Crippen molar-refractivity contribution in [3.8, 4) is 0 Å². The van der Waals surface area contributed by atoms with Crippen LogP contribution in [0.4, 0.5) is 15.3 Å². The monoisotopic (exact) mass is 387 g/mol. The Bertz CT molecular complexity index is 924. The number of anilines is 1. The molecule has 8 nitrogen and oxygen atoms in total. The fourth-order valence-corrected chi connectivity index (χ4v) is 3.22. The summed E-state index contributed by atoms with van der Waals surface area (Å²) in [6.45, 7) is 5.34. The van der Waals surface area contributed by atoms with Gasteiger partial charge in [0.25, 0.3) is 5.56 Å². The number of aromatic nitrogens is 1. The van der Waals surface area contributed by atoms with Crippen LogP contribution >= 0.6 is 0 Å². The Labute approximate surface area is 163 Å². The first-order valence-electron chi connectivity index (χ1n) is 9.24. The maximum atomic E-state index is 12.9. The van der Waals surface area contributed by atoms with Crippen LogP contribution in [0.2, 0.25) is 0 Å². The van der Waals surface area contributed by atoms with Crippen LogP contribution in [0, 0.1) is 0 Å². The van der Waals surface area contributed by atoms with Gasteiger partial charge in [0.1, 0.15) is 11.4 Å². The molecule has 1 aliphatic rings. The summed E-state index contributed by atoms with van der Waals surface area (Å²) in [7, 11) is 1.59. The molecule has 1 aliphatic carbocycles. The molecule has 150 valence electrons. The van der Waals surface area contributed by atoms with E-state index in [4.69, 9.17) is 9.26 Å². The van der Waals surface area contributed by atoms with Crippen LogP contribution in [0.3, 0.4) is 0 Å². The molecule has 0 saturated carbocycles. The molecule has 2 amide bonds. The number of amides is 2. The largest absolute Gasteiger partial charge is 0.444 e.